The molecule has 4 aliphatic heterocycles. The van der Waals surface area contributed by atoms with Crippen LogP contribution in [-0.2, 0) is 39.8 Å². The highest BCUT2D eigenvalue weighted by Gasteiger charge is 2.37. The van der Waals surface area contributed by atoms with E-state index in [1.165, 1.54) is 84.1 Å². The van der Waals surface area contributed by atoms with Crippen LogP contribution in [0.3, 0.4) is 0 Å². The second kappa shape index (κ2) is 32.6. The number of fused-ring (bicyclic) bond motifs is 2. The molecule has 2 saturated carbocycles. The molecule has 6 aliphatic rings. The van der Waals surface area contributed by atoms with E-state index in [0.717, 1.165) is 109 Å². The van der Waals surface area contributed by atoms with Crippen molar-refractivity contribution in [1.82, 2.24) is 29.3 Å². The first-order valence-electron chi connectivity index (χ1n) is 35.6. The van der Waals surface area contributed by atoms with Crippen LogP contribution in [0.2, 0.25) is 0 Å². The summed E-state index contributed by atoms with van der Waals surface area (Å²) in [4.78, 5) is 97.2. The molecule has 2 atom stereocenters. The second-order valence-corrected chi connectivity index (χ2v) is 28.1. The highest BCUT2D eigenvalue weighted by molar-refractivity contribution is 6.06. The molecule has 4 aromatic carbocycles. The first kappa shape index (κ1) is 74.8. The van der Waals surface area contributed by atoms with E-state index < -0.39 is 24.5 Å². The van der Waals surface area contributed by atoms with Gasteiger partial charge in [-0.3, -0.25) is 48.4 Å². The third kappa shape index (κ3) is 18.4. The molecule has 0 radical (unpaired) electrons. The molecule has 4 saturated heterocycles. The molecule has 2 unspecified atom stereocenters. The van der Waals surface area contributed by atoms with Gasteiger partial charge in [-0.2, -0.15) is 0 Å². The molecule has 0 spiro atoms. The topological polar surface area (TPSA) is 219 Å². The fraction of sp³-hybridized carbons (Fsp3) is 0.423. The lowest BCUT2D eigenvalue weighted by atomic mass is 9.78. The molecule has 0 amide bonds. The van der Waals surface area contributed by atoms with Crippen LogP contribution in [-0.4, -0.2) is 131 Å². The van der Waals surface area contributed by atoms with E-state index in [1.54, 1.807) is 55.8 Å². The lowest BCUT2D eigenvalue weighted by Crippen LogP contribution is -2.41. The van der Waals surface area contributed by atoms with E-state index in [4.69, 9.17) is 0 Å². The van der Waals surface area contributed by atoms with Gasteiger partial charge in [0, 0.05) is 125 Å². The van der Waals surface area contributed by atoms with Crippen molar-refractivity contribution in [3.05, 3.63) is 166 Å². The minimum atomic E-state index is -4.92. The van der Waals surface area contributed by atoms with Crippen LogP contribution in [0.15, 0.2) is 132 Å². The van der Waals surface area contributed by atoms with Crippen LogP contribution in [0, 0.1) is 35.3 Å². The van der Waals surface area contributed by atoms with Crippen LogP contribution >= 0.6 is 0 Å². The summed E-state index contributed by atoms with van der Waals surface area (Å²) >= 11 is 0. The third-order valence-corrected chi connectivity index (χ3v) is 21.3. The number of aryl methyl sites for hydroxylation is 2. The molecule has 8 aromatic rings. The highest BCUT2D eigenvalue weighted by atomic mass is 19.4. The van der Waals surface area contributed by atoms with Gasteiger partial charge in [0.05, 0.1) is 52.6 Å². The van der Waals surface area contributed by atoms with Crippen molar-refractivity contribution in [2.75, 3.05) is 72.8 Å². The van der Waals surface area contributed by atoms with E-state index in [2.05, 4.69) is 50.1 Å². The van der Waals surface area contributed by atoms with Crippen molar-refractivity contribution in [3.8, 4) is 33.8 Å². The average molecular weight is 1460 g/mol. The van der Waals surface area contributed by atoms with Crippen molar-refractivity contribution in [3.63, 3.8) is 0 Å². The Bertz CT molecular complexity index is 4650. The predicted molar refractivity (Wildman–Crippen MR) is 382 cm³/mol. The zero-order valence-corrected chi connectivity index (χ0v) is 58.2. The number of Topliss-reactive ketones (excluding diaryl/α,β-unsaturated/α-hetero) is 4. The molecule has 2 aliphatic carbocycles. The Morgan fingerprint density at radius 1 is 0.514 bits per heavy atom. The molecular formula is C78H82F8N10O9. The monoisotopic (exact) mass is 1450 g/mol. The number of carbonyl (C=O) groups is 5. The van der Waals surface area contributed by atoms with E-state index in [-0.39, 0.29) is 82.4 Å². The predicted octanol–water partition coefficient (Wildman–Crippen LogP) is 13.3. The lowest BCUT2D eigenvalue weighted by Gasteiger charge is -2.41. The Morgan fingerprint density at radius 2 is 0.943 bits per heavy atom. The lowest BCUT2D eigenvalue weighted by molar-refractivity contribution is -0.275. The molecule has 8 heterocycles. The zero-order chi connectivity index (χ0) is 74.3. The van der Waals surface area contributed by atoms with Crippen LogP contribution in [0.25, 0.3) is 43.8 Å². The smallest absolute Gasteiger partial charge is 0.405 e. The first-order valence-corrected chi connectivity index (χ1v) is 35.6. The third-order valence-electron chi connectivity index (χ3n) is 21.3. The fourth-order valence-corrected chi connectivity index (χ4v) is 15.7. The summed E-state index contributed by atoms with van der Waals surface area (Å²) in [7, 11) is 3.13. The molecule has 554 valence electrons. The largest absolute Gasteiger partial charge is 0.573 e. The molecule has 14 rings (SSSR count). The van der Waals surface area contributed by atoms with E-state index in [1.807, 2.05) is 12.1 Å². The number of benzene rings is 4. The number of pyridine rings is 4. The number of halogens is 8. The van der Waals surface area contributed by atoms with Gasteiger partial charge < -0.3 is 44.4 Å². The number of hydrogen-bond donors (Lipinski definition) is 3. The van der Waals surface area contributed by atoms with Crippen molar-refractivity contribution in [2.45, 2.75) is 121 Å². The molecule has 27 heteroatoms. The number of likely N-dealkylation sites (tertiary alicyclic amines) is 1. The van der Waals surface area contributed by atoms with Crippen LogP contribution in [0.1, 0.15) is 106 Å². The van der Waals surface area contributed by atoms with E-state index in [9.17, 15) is 64.3 Å². The second-order valence-electron chi connectivity index (χ2n) is 28.1. The van der Waals surface area contributed by atoms with Crippen LogP contribution in [0.5, 0.6) is 11.5 Å². The molecular weight excluding hydrogens is 1370 g/mol. The fourth-order valence-electron chi connectivity index (χ4n) is 15.7. The zero-order valence-electron chi connectivity index (χ0n) is 58.2. The number of anilines is 4. The molecule has 6 fully saturated rings. The van der Waals surface area contributed by atoms with Crippen molar-refractivity contribution in [1.29, 1.82) is 0 Å². The number of nitrogens with one attached hydrogen (secondary N) is 3. The maximum atomic E-state index is 15.2. The van der Waals surface area contributed by atoms with Crippen LogP contribution in [0.4, 0.5) is 57.9 Å². The summed E-state index contributed by atoms with van der Waals surface area (Å²) in [6.07, 6.45) is 9.61. The SMILES string of the molecule is Cn1cc(-c2ccc(C=O)c(OC(F)(F)F)c2)c2ccncc2c1=O.Cn1cc(-c2ccc(CN3CCC(C4CCN(c5ccc(NC6CCC(=O)CC6=O)cc5F)CC4)CC3)c(OC(F)(F)F)c2)c2ccncc2c1=O.O=C1CCC(Nc2ccc(N3CCC(C4CCNCC4)CC3)c(F)c2)C(=O)C1. The Hall–Kier alpha value is -9.89. The van der Waals surface area contributed by atoms with Gasteiger partial charge in [-0.25, -0.2) is 8.78 Å². The standard InChI is InChI=1S/C39H41F4N5O4.C22H30FN3O2.C17H11F3N2O3/c1-46-23-32(30-8-13-44-21-31(30)38(46)51)26-2-3-27(37(18-26)52-39(41,42)43)22-47-14-9-24(10-15-47)25-11-16-48(17-12-25)35-7-4-28(19-33(35)40)45-34-6-5-29(49)20-36(34)50;23-19-13-17(25-20-3-2-18(27)14-22(20)28)1-4-21(19)26-11-7-16(8-12-26)15-5-9-24-10-6-15;1-22-8-14(12-4-5-21-7-13(12)16(22)24)10-2-3-11(9-23)15(6-10)25-17(18,19)20/h2-4,7-8,13,18-19,21,23-25,34,45H,5-6,9-12,14-17,20,22H2,1H3;1,4,13,15-16,20,24-25H,2-3,5-12,14H2;2-9H,1H3. The number of ether oxygens (including phenoxy) is 2. The minimum absolute atomic E-state index is 0.00234. The summed E-state index contributed by atoms with van der Waals surface area (Å²) in [5.41, 5.74) is 4.02. The summed E-state index contributed by atoms with van der Waals surface area (Å²) in [5.74, 6) is 0.786. The number of rotatable bonds is 15. The molecule has 19 nitrogen and oxygen atoms in total. The maximum Gasteiger partial charge on any atom is 0.573 e. The van der Waals surface area contributed by atoms with Gasteiger partial charge in [-0.1, -0.05) is 18.2 Å². The van der Waals surface area contributed by atoms with Gasteiger partial charge in [0.15, 0.2) is 17.9 Å². The number of hydrogen-bond acceptors (Lipinski definition) is 17. The van der Waals surface area contributed by atoms with Gasteiger partial charge in [0.25, 0.3) is 11.1 Å². The van der Waals surface area contributed by atoms with E-state index >= 15 is 4.39 Å². The summed E-state index contributed by atoms with van der Waals surface area (Å²) in [6.45, 7) is 7.33. The number of aromatic nitrogens is 4. The Morgan fingerprint density at radius 3 is 1.38 bits per heavy atom. The number of carbonyl (C=O) groups excluding carboxylic acids is 5. The average Bonchev–Trinajstić information content (AvgIpc) is 0.778. The number of piperidine rings is 4. The summed E-state index contributed by atoms with van der Waals surface area (Å²) < 4.78 is 120. The van der Waals surface area contributed by atoms with Gasteiger partial charge in [-0.15, -0.1) is 26.3 Å². The van der Waals surface area contributed by atoms with Crippen molar-refractivity contribution in [2.24, 2.45) is 37.8 Å². The molecule has 4 aromatic heterocycles. The van der Waals surface area contributed by atoms with Gasteiger partial charge in [0.1, 0.15) is 34.7 Å². The number of nitrogens with zero attached hydrogens (tertiary/aromatic N) is 7. The number of aldehydes is 1. The minimum Gasteiger partial charge on any atom is -0.405 e. The molecule has 105 heavy (non-hydrogen) atoms. The van der Waals surface area contributed by atoms with Gasteiger partial charge in [-0.05, 0) is 203 Å². The van der Waals surface area contributed by atoms with Crippen molar-refractivity contribution >= 4 is 73.7 Å². The van der Waals surface area contributed by atoms with Crippen LogP contribution < -0.4 is 46.3 Å². The quantitative estimate of drug-likeness (QED) is 0.0493. The first-order chi connectivity index (χ1) is 50.3. The Kier molecular flexibility index (Phi) is 23.3. The number of alkyl halides is 6. The molecule has 0 bridgehead atoms. The van der Waals surface area contributed by atoms with Gasteiger partial charge in [0.2, 0.25) is 0 Å². The number of ketones is 4. The summed E-state index contributed by atoms with van der Waals surface area (Å²) in [6, 6.07) is 21.2. The van der Waals surface area contributed by atoms with E-state index in [0.29, 0.717) is 116 Å². The van der Waals surface area contributed by atoms with Gasteiger partial charge >= 0.3 is 12.7 Å². The highest BCUT2D eigenvalue weighted by Crippen LogP contribution is 2.41. The van der Waals surface area contributed by atoms with Crippen molar-refractivity contribution < 1.29 is 68.6 Å². The normalized spacial score (nSPS) is 19.2. The maximum absolute atomic E-state index is 15.2. The Balaban J connectivity index is 0.000000164. The Labute approximate surface area is 600 Å². The summed E-state index contributed by atoms with van der Waals surface area (Å²) in [5, 5.41) is 11.5. The molecule has 3 N–H and O–H groups in total.